The lowest BCUT2D eigenvalue weighted by Crippen LogP contribution is -2.38. The summed E-state index contributed by atoms with van der Waals surface area (Å²) in [5.74, 6) is 3.36. The third kappa shape index (κ3) is 4.15. The van der Waals surface area contributed by atoms with Gasteiger partial charge in [0.1, 0.15) is 5.82 Å². The van der Waals surface area contributed by atoms with Crippen LogP contribution in [-0.2, 0) is 17.8 Å². The quantitative estimate of drug-likeness (QED) is 0.728. The molecule has 0 saturated heterocycles. The first-order valence-corrected chi connectivity index (χ1v) is 10.1. The first-order valence-electron chi connectivity index (χ1n) is 8.93. The van der Waals surface area contributed by atoms with E-state index < -0.39 is 0 Å². The molecule has 2 aromatic rings. The number of pyridine rings is 1. The number of anilines is 1. The van der Waals surface area contributed by atoms with Crippen LogP contribution in [0.5, 0.6) is 0 Å². The molecule has 1 aliphatic rings. The normalized spacial score (nSPS) is 13.4. The van der Waals surface area contributed by atoms with E-state index in [1.807, 2.05) is 36.0 Å². The van der Waals surface area contributed by atoms with Gasteiger partial charge >= 0.3 is 0 Å². The Morgan fingerprint density at radius 1 is 1.35 bits per heavy atom. The number of thioether (sulfide) groups is 1. The molecule has 1 amide bonds. The fourth-order valence-corrected chi connectivity index (χ4v) is 3.80. The zero-order valence-corrected chi connectivity index (χ0v) is 16.4. The van der Waals surface area contributed by atoms with Gasteiger partial charge in [-0.15, -0.1) is 0 Å². The van der Waals surface area contributed by atoms with Gasteiger partial charge in [0.2, 0.25) is 5.91 Å². The van der Waals surface area contributed by atoms with E-state index in [9.17, 15) is 4.79 Å². The lowest BCUT2D eigenvalue weighted by atomic mass is 10.0. The summed E-state index contributed by atoms with van der Waals surface area (Å²) in [6.45, 7) is 3.42. The SMILES string of the molecule is CCCSCC(=O)N1CCc2c(nc(-c3cccnc3)nc2N(C)C)C1. The number of hydrogen-bond donors (Lipinski definition) is 0. The second-order valence-electron chi connectivity index (χ2n) is 6.55. The number of amides is 1. The van der Waals surface area contributed by atoms with Crippen molar-refractivity contribution < 1.29 is 4.79 Å². The highest BCUT2D eigenvalue weighted by Crippen LogP contribution is 2.28. The summed E-state index contributed by atoms with van der Waals surface area (Å²) >= 11 is 1.70. The van der Waals surface area contributed by atoms with Crippen molar-refractivity contribution in [3.8, 4) is 11.4 Å². The number of carbonyl (C=O) groups excluding carboxylic acids is 1. The molecule has 138 valence electrons. The third-order valence-electron chi connectivity index (χ3n) is 4.31. The Morgan fingerprint density at radius 3 is 2.88 bits per heavy atom. The summed E-state index contributed by atoms with van der Waals surface area (Å²) in [6.07, 6.45) is 5.40. The molecular formula is C19H25N5OS. The van der Waals surface area contributed by atoms with E-state index in [2.05, 4.69) is 11.9 Å². The van der Waals surface area contributed by atoms with Crippen molar-refractivity contribution >= 4 is 23.5 Å². The summed E-state index contributed by atoms with van der Waals surface area (Å²) in [4.78, 5) is 30.1. The van der Waals surface area contributed by atoms with E-state index in [1.165, 1.54) is 0 Å². The summed E-state index contributed by atoms with van der Waals surface area (Å²) in [6, 6.07) is 3.84. The maximum atomic E-state index is 12.5. The molecule has 1 aliphatic heterocycles. The molecule has 0 N–H and O–H groups in total. The van der Waals surface area contributed by atoms with Crippen LogP contribution in [0.3, 0.4) is 0 Å². The smallest absolute Gasteiger partial charge is 0.232 e. The van der Waals surface area contributed by atoms with Gasteiger partial charge in [0, 0.05) is 44.2 Å². The Morgan fingerprint density at radius 2 is 2.19 bits per heavy atom. The van der Waals surface area contributed by atoms with Gasteiger partial charge in [-0.2, -0.15) is 11.8 Å². The van der Waals surface area contributed by atoms with Gasteiger partial charge in [0.25, 0.3) is 0 Å². The van der Waals surface area contributed by atoms with E-state index in [-0.39, 0.29) is 5.91 Å². The average Bonchev–Trinajstić information content (AvgIpc) is 2.67. The van der Waals surface area contributed by atoms with Crippen LogP contribution in [0.4, 0.5) is 5.82 Å². The number of fused-ring (bicyclic) bond motifs is 1. The van der Waals surface area contributed by atoms with Crippen molar-refractivity contribution in [1.82, 2.24) is 19.9 Å². The summed E-state index contributed by atoms with van der Waals surface area (Å²) < 4.78 is 0. The number of aromatic nitrogens is 3. The van der Waals surface area contributed by atoms with Crippen LogP contribution in [0.15, 0.2) is 24.5 Å². The molecule has 0 bridgehead atoms. The molecule has 0 aromatic carbocycles. The van der Waals surface area contributed by atoms with Crippen LogP contribution in [0, 0.1) is 0 Å². The fraction of sp³-hybridized carbons (Fsp3) is 0.474. The van der Waals surface area contributed by atoms with E-state index in [4.69, 9.17) is 9.97 Å². The van der Waals surface area contributed by atoms with Crippen LogP contribution in [0.1, 0.15) is 24.6 Å². The molecule has 6 nitrogen and oxygen atoms in total. The predicted octanol–water partition coefficient (Wildman–Crippen LogP) is 2.63. The molecular weight excluding hydrogens is 346 g/mol. The average molecular weight is 372 g/mol. The minimum absolute atomic E-state index is 0.196. The standard InChI is InChI=1S/C19H25N5OS/c1-4-10-26-13-17(25)24-9-7-15-16(12-24)21-18(22-19(15)23(2)3)14-6-5-8-20-11-14/h5-6,8,11H,4,7,9-10,12-13H2,1-3H3. The van der Waals surface area contributed by atoms with Crippen molar-refractivity contribution in [3.05, 3.63) is 35.8 Å². The van der Waals surface area contributed by atoms with Crippen LogP contribution in [0.2, 0.25) is 0 Å². The van der Waals surface area contributed by atoms with Crippen LogP contribution in [0.25, 0.3) is 11.4 Å². The second-order valence-corrected chi connectivity index (χ2v) is 7.66. The van der Waals surface area contributed by atoms with E-state index in [0.29, 0.717) is 18.1 Å². The third-order valence-corrected chi connectivity index (χ3v) is 5.46. The summed E-state index contributed by atoms with van der Waals surface area (Å²) in [7, 11) is 3.99. The van der Waals surface area contributed by atoms with Crippen LogP contribution < -0.4 is 4.90 Å². The Hall–Kier alpha value is -2.15. The molecule has 7 heteroatoms. The maximum Gasteiger partial charge on any atom is 0.232 e. The van der Waals surface area contributed by atoms with Crippen LogP contribution in [-0.4, -0.2) is 57.9 Å². The Bertz CT molecular complexity index is 766. The Kier molecular flexibility index (Phi) is 6.08. The van der Waals surface area contributed by atoms with Gasteiger partial charge in [-0.25, -0.2) is 9.97 Å². The monoisotopic (exact) mass is 371 g/mol. The highest BCUT2D eigenvalue weighted by atomic mass is 32.2. The highest BCUT2D eigenvalue weighted by molar-refractivity contribution is 7.99. The van der Waals surface area contributed by atoms with Crippen molar-refractivity contribution in [1.29, 1.82) is 0 Å². The predicted molar refractivity (Wildman–Crippen MR) is 106 cm³/mol. The lowest BCUT2D eigenvalue weighted by Gasteiger charge is -2.30. The number of nitrogens with zero attached hydrogens (tertiary/aromatic N) is 5. The van der Waals surface area contributed by atoms with E-state index in [1.54, 1.807) is 24.2 Å². The Balaban J connectivity index is 1.88. The topological polar surface area (TPSA) is 62.2 Å². The number of hydrogen-bond acceptors (Lipinski definition) is 6. The molecule has 0 atom stereocenters. The summed E-state index contributed by atoms with van der Waals surface area (Å²) in [5.41, 5.74) is 2.98. The largest absolute Gasteiger partial charge is 0.362 e. The van der Waals surface area contributed by atoms with Crippen molar-refractivity contribution in [3.63, 3.8) is 0 Å². The first kappa shape index (κ1) is 18.6. The molecule has 3 heterocycles. The molecule has 0 fully saturated rings. The molecule has 0 radical (unpaired) electrons. The molecule has 2 aromatic heterocycles. The van der Waals surface area contributed by atoms with Crippen LogP contribution >= 0.6 is 11.8 Å². The van der Waals surface area contributed by atoms with Gasteiger partial charge in [0.15, 0.2) is 5.82 Å². The molecule has 3 rings (SSSR count). The molecule has 0 aliphatic carbocycles. The zero-order valence-electron chi connectivity index (χ0n) is 15.6. The van der Waals surface area contributed by atoms with Crippen molar-refractivity contribution in [2.45, 2.75) is 26.3 Å². The minimum atomic E-state index is 0.196. The van der Waals surface area contributed by atoms with Gasteiger partial charge in [-0.1, -0.05) is 6.92 Å². The van der Waals surface area contributed by atoms with Gasteiger partial charge in [-0.05, 0) is 30.7 Å². The number of carbonyl (C=O) groups is 1. The van der Waals surface area contributed by atoms with Gasteiger partial charge < -0.3 is 9.80 Å². The highest BCUT2D eigenvalue weighted by Gasteiger charge is 2.26. The molecule has 0 saturated carbocycles. The first-order chi connectivity index (χ1) is 12.6. The van der Waals surface area contributed by atoms with E-state index >= 15 is 0 Å². The van der Waals surface area contributed by atoms with E-state index in [0.717, 1.165) is 47.8 Å². The fourth-order valence-electron chi connectivity index (χ4n) is 3.01. The molecule has 0 unspecified atom stereocenters. The maximum absolute atomic E-state index is 12.5. The Labute approximate surface area is 159 Å². The second kappa shape index (κ2) is 8.49. The summed E-state index contributed by atoms with van der Waals surface area (Å²) in [5, 5.41) is 0. The number of rotatable bonds is 6. The van der Waals surface area contributed by atoms with Gasteiger partial charge in [-0.3, -0.25) is 9.78 Å². The minimum Gasteiger partial charge on any atom is -0.362 e. The molecule has 0 spiro atoms. The van der Waals surface area contributed by atoms with Gasteiger partial charge in [0.05, 0.1) is 18.0 Å². The zero-order chi connectivity index (χ0) is 18.5. The lowest BCUT2D eigenvalue weighted by molar-refractivity contribution is -0.129. The molecule has 26 heavy (non-hydrogen) atoms. The van der Waals surface area contributed by atoms with Crippen molar-refractivity contribution in [2.75, 3.05) is 37.0 Å². The van der Waals surface area contributed by atoms with Crippen molar-refractivity contribution in [2.24, 2.45) is 0 Å².